The Kier molecular flexibility index (Phi) is 7.05. The van der Waals surface area contributed by atoms with Crippen molar-refractivity contribution in [3.8, 4) is 11.5 Å². The Bertz CT molecular complexity index is 1240. The van der Waals surface area contributed by atoms with E-state index in [1.807, 2.05) is 26.0 Å². The van der Waals surface area contributed by atoms with Crippen LogP contribution in [-0.2, 0) is 21.2 Å². The summed E-state index contributed by atoms with van der Waals surface area (Å²) in [5.74, 6) is -0.177. The highest BCUT2D eigenvalue weighted by Crippen LogP contribution is 2.30. The molecule has 0 aliphatic rings. The first kappa shape index (κ1) is 23.1. The van der Waals surface area contributed by atoms with Crippen molar-refractivity contribution in [2.45, 2.75) is 31.6 Å². The molecule has 3 N–H and O–H groups in total. The van der Waals surface area contributed by atoms with Crippen molar-refractivity contribution in [1.29, 1.82) is 0 Å². The number of aryl methyl sites for hydroxylation is 3. The lowest BCUT2D eigenvalue weighted by molar-refractivity contribution is -0.116. The molecule has 0 bridgehead atoms. The number of nitrogens with one attached hydrogen (secondary N) is 2. The summed E-state index contributed by atoms with van der Waals surface area (Å²) in [7, 11) is -2.53. The molecular formula is C24H26N2O5S. The van der Waals surface area contributed by atoms with Crippen LogP contribution in [-0.4, -0.2) is 26.5 Å². The Labute approximate surface area is 188 Å². The summed E-state index contributed by atoms with van der Waals surface area (Å²) in [4.78, 5) is 12.3. The Morgan fingerprint density at radius 1 is 1.00 bits per heavy atom. The fourth-order valence-corrected chi connectivity index (χ4v) is 4.40. The van der Waals surface area contributed by atoms with Crippen LogP contribution in [0.4, 0.5) is 11.4 Å². The van der Waals surface area contributed by atoms with Crippen LogP contribution in [0.1, 0.15) is 23.1 Å². The number of sulfonamides is 1. The number of rotatable bonds is 8. The van der Waals surface area contributed by atoms with E-state index in [1.165, 1.54) is 25.3 Å². The van der Waals surface area contributed by atoms with Gasteiger partial charge in [0.2, 0.25) is 5.91 Å². The standard InChI is InChI=1S/C24H26N2O5S/c1-16-8-9-18(17(2)14-16)10-13-24(28)25-21-15-19(11-12-22(21)27)32(29,30)26-20-6-4-5-7-23(20)31-3/h4-9,11-12,14-15,26-27H,10,13H2,1-3H3,(H,25,28). The summed E-state index contributed by atoms with van der Waals surface area (Å²) in [6.07, 6.45) is 0.728. The average Bonchev–Trinajstić information content (AvgIpc) is 2.74. The highest BCUT2D eigenvalue weighted by Gasteiger charge is 2.19. The van der Waals surface area contributed by atoms with Gasteiger partial charge in [0.15, 0.2) is 0 Å². The predicted octanol–water partition coefficient (Wildman–Crippen LogP) is 4.39. The molecule has 8 heteroatoms. The molecule has 3 rings (SSSR count). The van der Waals surface area contributed by atoms with Gasteiger partial charge < -0.3 is 15.2 Å². The second-order valence-electron chi connectivity index (χ2n) is 7.46. The van der Waals surface area contributed by atoms with Gasteiger partial charge >= 0.3 is 0 Å². The number of carbonyl (C=O) groups is 1. The maximum absolute atomic E-state index is 12.8. The number of methoxy groups -OCH3 is 1. The molecule has 0 saturated carbocycles. The Hall–Kier alpha value is -3.52. The van der Waals surface area contributed by atoms with E-state index in [2.05, 4.69) is 16.1 Å². The minimum absolute atomic E-state index is 0.0264. The zero-order valence-electron chi connectivity index (χ0n) is 18.2. The van der Waals surface area contributed by atoms with Crippen LogP contribution >= 0.6 is 0 Å². The van der Waals surface area contributed by atoms with E-state index in [-0.39, 0.29) is 34.3 Å². The monoisotopic (exact) mass is 454 g/mol. The first-order chi connectivity index (χ1) is 15.2. The number of para-hydroxylation sites is 2. The number of hydrogen-bond acceptors (Lipinski definition) is 5. The van der Waals surface area contributed by atoms with E-state index < -0.39 is 10.0 Å². The molecule has 0 aliphatic carbocycles. The highest BCUT2D eigenvalue weighted by molar-refractivity contribution is 7.92. The SMILES string of the molecule is COc1ccccc1NS(=O)(=O)c1ccc(O)c(NC(=O)CCc2ccc(C)cc2C)c1. The van der Waals surface area contributed by atoms with Gasteiger partial charge in [-0.3, -0.25) is 9.52 Å². The molecule has 0 aliphatic heterocycles. The van der Waals surface area contributed by atoms with Gasteiger partial charge in [0.25, 0.3) is 10.0 Å². The average molecular weight is 455 g/mol. The fourth-order valence-electron chi connectivity index (χ4n) is 3.30. The van der Waals surface area contributed by atoms with E-state index in [4.69, 9.17) is 4.74 Å². The van der Waals surface area contributed by atoms with Crippen LogP contribution < -0.4 is 14.8 Å². The summed E-state index contributed by atoms with van der Waals surface area (Å²) in [5, 5.41) is 12.7. The van der Waals surface area contributed by atoms with Crippen molar-refractivity contribution < 1.29 is 23.1 Å². The van der Waals surface area contributed by atoms with Crippen LogP contribution in [0.5, 0.6) is 11.5 Å². The molecular weight excluding hydrogens is 428 g/mol. The number of phenols is 1. The molecule has 0 saturated heterocycles. The lowest BCUT2D eigenvalue weighted by Crippen LogP contribution is -2.16. The second kappa shape index (κ2) is 9.74. The number of benzene rings is 3. The minimum atomic E-state index is -3.98. The fraction of sp³-hybridized carbons (Fsp3) is 0.208. The van der Waals surface area contributed by atoms with Crippen molar-refractivity contribution in [3.05, 3.63) is 77.4 Å². The summed E-state index contributed by atoms with van der Waals surface area (Å²) in [6.45, 7) is 4.01. The van der Waals surface area contributed by atoms with Crippen LogP contribution in [0, 0.1) is 13.8 Å². The molecule has 0 atom stereocenters. The summed E-state index contributed by atoms with van der Waals surface area (Å²) >= 11 is 0. The molecule has 32 heavy (non-hydrogen) atoms. The minimum Gasteiger partial charge on any atom is -0.506 e. The number of phenolic OH excluding ortho intramolecular Hbond substituents is 1. The molecule has 0 aromatic heterocycles. The van der Waals surface area contributed by atoms with Gasteiger partial charge in [-0.1, -0.05) is 35.9 Å². The third kappa shape index (κ3) is 5.59. The Morgan fingerprint density at radius 2 is 1.75 bits per heavy atom. The van der Waals surface area contributed by atoms with E-state index in [1.54, 1.807) is 24.3 Å². The molecule has 0 heterocycles. The van der Waals surface area contributed by atoms with Crippen molar-refractivity contribution in [2.75, 3.05) is 17.1 Å². The molecule has 3 aromatic rings. The van der Waals surface area contributed by atoms with Crippen LogP contribution in [0.15, 0.2) is 65.6 Å². The molecule has 1 amide bonds. The smallest absolute Gasteiger partial charge is 0.262 e. The topological polar surface area (TPSA) is 105 Å². The molecule has 0 unspecified atom stereocenters. The van der Waals surface area contributed by atoms with E-state index in [0.717, 1.165) is 16.7 Å². The van der Waals surface area contributed by atoms with Crippen molar-refractivity contribution in [1.82, 2.24) is 0 Å². The van der Waals surface area contributed by atoms with E-state index in [9.17, 15) is 18.3 Å². The van der Waals surface area contributed by atoms with E-state index >= 15 is 0 Å². The summed E-state index contributed by atoms with van der Waals surface area (Å²) in [6, 6.07) is 16.4. The number of hydrogen-bond donors (Lipinski definition) is 3. The lowest BCUT2D eigenvalue weighted by Gasteiger charge is -2.13. The summed E-state index contributed by atoms with van der Waals surface area (Å²) in [5.41, 5.74) is 3.63. The number of aromatic hydroxyl groups is 1. The van der Waals surface area contributed by atoms with Crippen molar-refractivity contribution >= 4 is 27.3 Å². The second-order valence-corrected chi connectivity index (χ2v) is 9.15. The number of amides is 1. The van der Waals surface area contributed by atoms with Crippen molar-refractivity contribution in [2.24, 2.45) is 0 Å². The van der Waals surface area contributed by atoms with Gasteiger partial charge in [-0.2, -0.15) is 0 Å². The van der Waals surface area contributed by atoms with Gasteiger partial charge in [-0.05, 0) is 61.7 Å². The number of anilines is 2. The quantitative estimate of drug-likeness (QED) is 0.438. The largest absolute Gasteiger partial charge is 0.506 e. The van der Waals surface area contributed by atoms with Gasteiger partial charge in [0, 0.05) is 6.42 Å². The first-order valence-corrected chi connectivity index (χ1v) is 11.5. The van der Waals surface area contributed by atoms with Crippen molar-refractivity contribution in [3.63, 3.8) is 0 Å². The van der Waals surface area contributed by atoms with Crippen LogP contribution in [0.3, 0.4) is 0 Å². The first-order valence-electron chi connectivity index (χ1n) is 10.0. The zero-order valence-corrected chi connectivity index (χ0v) is 19.0. The predicted molar refractivity (Wildman–Crippen MR) is 125 cm³/mol. The van der Waals surface area contributed by atoms with Crippen LogP contribution in [0.25, 0.3) is 0 Å². The van der Waals surface area contributed by atoms with Gasteiger partial charge in [0.1, 0.15) is 11.5 Å². The molecule has 3 aromatic carbocycles. The highest BCUT2D eigenvalue weighted by atomic mass is 32.2. The Morgan fingerprint density at radius 3 is 2.47 bits per heavy atom. The molecule has 0 fully saturated rings. The third-order valence-corrected chi connectivity index (χ3v) is 6.39. The van der Waals surface area contributed by atoms with Gasteiger partial charge in [0.05, 0.1) is 23.4 Å². The zero-order chi connectivity index (χ0) is 23.3. The maximum Gasteiger partial charge on any atom is 0.262 e. The number of carbonyl (C=O) groups excluding carboxylic acids is 1. The third-order valence-electron chi connectivity index (χ3n) is 5.02. The maximum atomic E-state index is 12.8. The Balaban J connectivity index is 1.74. The van der Waals surface area contributed by atoms with Gasteiger partial charge in [-0.25, -0.2) is 8.42 Å². The molecule has 0 radical (unpaired) electrons. The van der Waals surface area contributed by atoms with Crippen LogP contribution in [0.2, 0.25) is 0 Å². The molecule has 168 valence electrons. The van der Waals surface area contributed by atoms with E-state index in [0.29, 0.717) is 12.2 Å². The van der Waals surface area contributed by atoms with Gasteiger partial charge in [-0.15, -0.1) is 0 Å². The normalized spacial score (nSPS) is 11.1. The molecule has 7 nitrogen and oxygen atoms in total. The number of ether oxygens (including phenoxy) is 1. The summed E-state index contributed by atoms with van der Waals surface area (Å²) < 4.78 is 33.3. The molecule has 0 spiro atoms. The lowest BCUT2D eigenvalue weighted by atomic mass is 10.0.